The summed E-state index contributed by atoms with van der Waals surface area (Å²) < 4.78 is -0.237. The van der Waals surface area contributed by atoms with Crippen molar-refractivity contribution in [1.29, 1.82) is 0 Å². The molecule has 1 aliphatic heterocycles. The molecule has 0 aromatic carbocycles. The van der Waals surface area contributed by atoms with Crippen LogP contribution in [0.15, 0.2) is 0 Å². The summed E-state index contributed by atoms with van der Waals surface area (Å²) in [6, 6.07) is 0. The van der Waals surface area contributed by atoms with E-state index in [-0.39, 0.29) is 11.0 Å². The van der Waals surface area contributed by atoms with Crippen LogP contribution < -0.4 is 0 Å². The van der Waals surface area contributed by atoms with Crippen molar-refractivity contribution >= 4 is 29.5 Å². The molecule has 0 aromatic heterocycles. The lowest BCUT2D eigenvalue weighted by Gasteiger charge is -2.34. The summed E-state index contributed by atoms with van der Waals surface area (Å²) in [5, 5.41) is 46.9. The molecule has 6 nitrogen and oxygen atoms in total. The number of hydrogen-bond acceptors (Lipinski definition) is 7. The molecule has 0 aliphatic carbocycles. The number of hydrogen-bond donors (Lipinski definition) is 5. The van der Waals surface area contributed by atoms with Crippen molar-refractivity contribution in [3.63, 3.8) is 0 Å². The fraction of sp³-hybridized carbons (Fsp3) is 0.923. The molecule has 124 valence electrons. The van der Waals surface area contributed by atoms with Crippen LogP contribution in [0.25, 0.3) is 0 Å². The zero-order valence-corrected chi connectivity index (χ0v) is 13.4. The summed E-state index contributed by atoms with van der Waals surface area (Å²) in [4.78, 5) is 10.4. The van der Waals surface area contributed by atoms with Crippen molar-refractivity contribution in [2.75, 3.05) is 12.4 Å². The maximum absolute atomic E-state index is 10.4. The number of carboxylic acids is 1. The third kappa shape index (κ3) is 6.75. The zero-order valence-electron chi connectivity index (χ0n) is 11.8. The molecule has 21 heavy (non-hydrogen) atoms. The molecule has 1 heterocycles. The Kier molecular flexibility index (Phi) is 9.00. The highest BCUT2D eigenvalue weighted by molar-refractivity contribution is 8.17. The number of aliphatic hydroxyl groups excluding tert-OH is 4. The maximum Gasteiger partial charge on any atom is 0.303 e. The van der Waals surface area contributed by atoms with E-state index in [0.717, 1.165) is 25.0 Å². The maximum atomic E-state index is 10.4. The number of rotatable bonds is 9. The van der Waals surface area contributed by atoms with Gasteiger partial charge in [0.2, 0.25) is 0 Å². The normalized spacial score (nSPS) is 27.0. The number of aliphatic hydroxyl groups is 4. The van der Waals surface area contributed by atoms with Gasteiger partial charge in [0.05, 0.1) is 11.2 Å². The number of carboxylic acid groups (broad SMARTS) is 1. The molecule has 1 rings (SSSR count). The SMILES string of the molecule is O=C(O)CCCC[C@H]1CCS[C@H]([C@@H](O)[C@@H](O)[C@H](O)CO)S1. The highest BCUT2D eigenvalue weighted by atomic mass is 32.2. The predicted molar refractivity (Wildman–Crippen MR) is 83.5 cm³/mol. The molecule has 1 fully saturated rings. The van der Waals surface area contributed by atoms with Gasteiger partial charge in [0.15, 0.2) is 0 Å². The fourth-order valence-corrected chi connectivity index (χ4v) is 5.64. The largest absolute Gasteiger partial charge is 0.481 e. The third-order valence-corrected chi connectivity index (χ3v) is 6.65. The molecule has 5 atom stereocenters. The quantitative estimate of drug-likeness (QED) is 0.380. The zero-order chi connectivity index (χ0) is 15.8. The highest BCUT2D eigenvalue weighted by Gasteiger charge is 2.35. The Morgan fingerprint density at radius 2 is 1.95 bits per heavy atom. The van der Waals surface area contributed by atoms with Crippen LogP contribution in [0.2, 0.25) is 0 Å². The van der Waals surface area contributed by atoms with Crippen molar-refractivity contribution in [1.82, 2.24) is 0 Å². The van der Waals surface area contributed by atoms with Crippen LogP contribution in [-0.4, -0.2) is 72.0 Å². The van der Waals surface area contributed by atoms with Gasteiger partial charge in [-0.1, -0.05) is 6.42 Å². The van der Waals surface area contributed by atoms with Crippen LogP contribution >= 0.6 is 23.5 Å². The lowest BCUT2D eigenvalue weighted by molar-refractivity contribution is -0.137. The molecule has 0 unspecified atom stereocenters. The van der Waals surface area contributed by atoms with E-state index >= 15 is 0 Å². The van der Waals surface area contributed by atoms with E-state index in [1.807, 2.05) is 0 Å². The summed E-state index contributed by atoms with van der Waals surface area (Å²) in [6.07, 6.45) is -0.242. The first kappa shape index (κ1) is 19.1. The monoisotopic (exact) mass is 340 g/mol. The number of thioether (sulfide) groups is 2. The molecule has 0 bridgehead atoms. The van der Waals surface area contributed by atoms with Crippen molar-refractivity contribution in [3.05, 3.63) is 0 Å². The Morgan fingerprint density at radius 1 is 1.24 bits per heavy atom. The van der Waals surface area contributed by atoms with Gasteiger partial charge in [-0.15, -0.1) is 23.5 Å². The molecular formula is C13H24O6S2. The van der Waals surface area contributed by atoms with Gasteiger partial charge in [-0.05, 0) is 25.0 Å². The van der Waals surface area contributed by atoms with Crippen molar-refractivity contribution < 1.29 is 30.3 Å². The van der Waals surface area contributed by atoms with Gasteiger partial charge in [0, 0.05) is 11.7 Å². The van der Waals surface area contributed by atoms with Crippen molar-refractivity contribution in [3.8, 4) is 0 Å². The summed E-state index contributed by atoms with van der Waals surface area (Å²) in [5.74, 6) is 0.0801. The molecular weight excluding hydrogens is 316 g/mol. The van der Waals surface area contributed by atoms with E-state index in [4.69, 9.17) is 10.2 Å². The van der Waals surface area contributed by atoms with E-state index in [9.17, 15) is 20.1 Å². The fourth-order valence-electron chi connectivity index (χ4n) is 2.15. The topological polar surface area (TPSA) is 118 Å². The molecule has 0 amide bonds. The standard InChI is InChI=1S/C13H24O6S2/c14-7-9(15)11(18)12(19)13-20-6-5-8(21-13)3-1-2-4-10(16)17/h8-9,11-15,18-19H,1-7H2,(H,16,17)/t8-,9+,11-,12-,13-/m0/s1. The lowest BCUT2D eigenvalue weighted by atomic mass is 10.1. The average Bonchev–Trinajstić information content (AvgIpc) is 2.49. The van der Waals surface area contributed by atoms with Crippen LogP contribution in [0, 0.1) is 0 Å². The Labute approximate surface area is 132 Å². The lowest BCUT2D eigenvalue weighted by Crippen LogP contribution is -2.45. The second-order valence-electron chi connectivity index (χ2n) is 5.16. The minimum Gasteiger partial charge on any atom is -0.481 e. The van der Waals surface area contributed by atoms with E-state index < -0.39 is 30.9 Å². The van der Waals surface area contributed by atoms with E-state index in [0.29, 0.717) is 11.7 Å². The van der Waals surface area contributed by atoms with E-state index in [1.54, 1.807) is 23.5 Å². The molecule has 0 radical (unpaired) electrons. The van der Waals surface area contributed by atoms with Crippen molar-refractivity contribution in [2.45, 2.75) is 60.2 Å². The van der Waals surface area contributed by atoms with Crippen LogP contribution in [0.5, 0.6) is 0 Å². The number of unbranched alkanes of at least 4 members (excludes halogenated alkanes) is 1. The minimum atomic E-state index is -1.36. The Hall–Kier alpha value is 0.01000. The molecule has 0 aromatic rings. The molecule has 1 aliphatic rings. The van der Waals surface area contributed by atoms with Crippen LogP contribution in [0.4, 0.5) is 0 Å². The third-order valence-electron chi connectivity index (χ3n) is 3.43. The first-order valence-electron chi connectivity index (χ1n) is 7.09. The average molecular weight is 340 g/mol. The second-order valence-corrected chi connectivity index (χ2v) is 8.15. The van der Waals surface area contributed by atoms with Gasteiger partial charge in [-0.25, -0.2) is 0 Å². The smallest absolute Gasteiger partial charge is 0.303 e. The summed E-state index contributed by atoms with van der Waals surface area (Å²) in [5.41, 5.74) is 0. The van der Waals surface area contributed by atoms with Crippen LogP contribution in [-0.2, 0) is 4.79 Å². The molecule has 1 saturated heterocycles. The van der Waals surface area contributed by atoms with E-state index in [1.165, 1.54) is 0 Å². The summed E-state index contributed by atoms with van der Waals surface area (Å²) >= 11 is 3.11. The van der Waals surface area contributed by atoms with Gasteiger partial charge < -0.3 is 25.5 Å². The Morgan fingerprint density at radius 3 is 2.57 bits per heavy atom. The highest BCUT2D eigenvalue weighted by Crippen LogP contribution is 2.40. The van der Waals surface area contributed by atoms with Gasteiger partial charge in [-0.2, -0.15) is 0 Å². The Balaban J connectivity index is 2.35. The van der Waals surface area contributed by atoms with Crippen LogP contribution in [0.1, 0.15) is 32.1 Å². The first-order valence-corrected chi connectivity index (χ1v) is 9.08. The number of aliphatic carboxylic acids is 1. The molecule has 5 N–H and O–H groups in total. The number of carbonyl (C=O) groups is 1. The molecule has 8 heteroatoms. The second kappa shape index (κ2) is 9.91. The predicted octanol–water partition coefficient (Wildman–Crippen LogP) is 0.271. The van der Waals surface area contributed by atoms with Gasteiger partial charge in [0.25, 0.3) is 0 Å². The summed E-state index contributed by atoms with van der Waals surface area (Å²) in [6.45, 7) is -0.584. The van der Waals surface area contributed by atoms with Gasteiger partial charge >= 0.3 is 5.97 Å². The molecule has 0 spiro atoms. The van der Waals surface area contributed by atoms with E-state index in [2.05, 4.69) is 0 Å². The first-order chi connectivity index (χ1) is 9.95. The Bertz CT molecular complexity index is 317. The molecule has 0 saturated carbocycles. The van der Waals surface area contributed by atoms with Crippen LogP contribution in [0.3, 0.4) is 0 Å². The summed E-state index contributed by atoms with van der Waals surface area (Å²) in [7, 11) is 0. The van der Waals surface area contributed by atoms with Gasteiger partial charge in [0.1, 0.15) is 18.3 Å². The van der Waals surface area contributed by atoms with Crippen molar-refractivity contribution in [2.24, 2.45) is 0 Å². The van der Waals surface area contributed by atoms with Gasteiger partial charge in [-0.3, -0.25) is 4.79 Å². The minimum absolute atomic E-state index is 0.180.